The average molecular weight is 303 g/mol. The van der Waals surface area contributed by atoms with Crippen LogP contribution in [0.25, 0.3) is 0 Å². The van der Waals surface area contributed by atoms with Gasteiger partial charge in [0.15, 0.2) is 0 Å². The number of halogens is 1. The van der Waals surface area contributed by atoms with Gasteiger partial charge in [0.2, 0.25) is 0 Å². The Morgan fingerprint density at radius 2 is 1.52 bits per heavy atom. The minimum atomic E-state index is 0. The predicted molar refractivity (Wildman–Crippen MR) is 90.7 cm³/mol. The number of benzene rings is 2. The van der Waals surface area contributed by atoms with Gasteiger partial charge in [-0.15, -0.1) is 12.4 Å². The van der Waals surface area contributed by atoms with Crippen molar-refractivity contribution in [3.8, 4) is 0 Å². The lowest BCUT2D eigenvalue weighted by atomic mass is 9.89. The van der Waals surface area contributed by atoms with Crippen LogP contribution in [0, 0.1) is 5.92 Å². The van der Waals surface area contributed by atoms with Gasteiger partial charge in [0, 0.05) is 25.6 Å². The van der Waals surface area contributed by atoms with Gasteiger partial charge in [0.05, 0.1) is 0 Å². The Balaban J connectivity index is 0.00000161. The minimum absolute atomic E-state index is 0. The first kappa shape index (κ1) is 16.0. The van der Waals surface area contributed by atoms with Crippen LogP contribution in [0.2, 0.25) is 0 Å². The maximum atomic E-state index is 5.99. The van der Waals surface area contributed by atoms with E-state index in [1.54, 1.807) is 0 Å². The first-order valence-corrected chi connectivity index (χ1v) is 7.38. The molecule has 0 saturated carbocycles. The fourth-order valence-corrected chi connectivity index (χ4v) is 3.25. The number of likely N-dealkylation sites (tertiary alicyclic amines) is 1. The SMILES string of the molecule is Cl.NC[C@H]1CN(Cc2ccccc2)C[C@@H]1c1ccccc1. The van der Waals surface area contributed by atoms with Crippen LogP contribution in [-0.4, -0.2) is 24.5 Å². The summed E-state index contributed by atoms with van der Waals surface area (Å²) in [7, 11) is 0. The molecule has 3 rings (SSSR count). The van der Waals surface area contributed by atoms with E-state index in [1.165, 1.54) is 11.1 Å². The van der Waals surface area contributed by atoms with Crippen molar-refractivity contribution in [2.45, 2.75) is 12.5 Å². The number of hydrogen-bond donors (Lipinski definition) is 1. The van der Waals surface area contributed by atoms with E-state index in [0.29, 0.717) is 11.8 Å². The quantitative estimate of drug-likeness (QED) is 0.939. The normalized spacial score (nSPS) is 22.0. The molecule has 2 aromatic carbocycles. The molecule has 0 spiro atoms. The zero-order valence-electron chi connectivity index (χ0n) is 12.2. The number of nitrogens with two attached hydrogens (primary N) is 1. The van der Waals surface area contributed by atoms with Gasteiger partial charge in [0.25, 0.3) is 0 Å². The molecule has 1 heterocycles. The smallest absolute Gasteiger partial charge is 0.0234 e. The molecule has 1 aliphatic heterocycles. The van der Waals surface area contributed by atoms with Crippen LogP contribution >= 0.6 is 12.4 Å². The number of rotatable bonds is 4. The van der Waals surface area contributed by atoms with Gasteiger partial charge >= 0.3 is 0 Å². The monoisotopic (exact) mass is 302 g/mol. The van der Waals surface area contributed by atoms with Crippen molar-refractivity contribution in [3.05, 3.63) is 71.8 Å². The predicted octanol–water partition coefficient (Wildman–Crippen LogP) is 3.28. The van der Waals surface area contributed by atoms with Gasteiger partial charge in [-0.05, 0) is 23.6 Å². The summed E-state index contributed by atoms with van der Waals surface area (Å²) in [5.74, 6) is 1.14. The van der Waals surface area contributed by atoms with E-state index in [4.69, 9.17) is 5.73 Å². The van der Waals surface area contributed by atoms with Crippen molar-refractivity contribution in [2.75, 3.05) is 19.6 Å². The third kappa shape index (κ3) is 3.85. The summed E-state index contributed by atoms with van der Waals surface area (Å²) in [5, 5.41) is 0. The molecule has 2 atom stereocenters. The van der Waals surface area contributed by atoms with Crippen molar-refractivity contribution in [3.63, 3.8) is 0 Å². The Kier molecular flexibility index (Phi) is 5.80. The molecule has 1 fully saturated rings. The van der Waals surface area contributed by atoms with Crippen molar-refractivity contribution in [1.82, 2.24) is 4.90 Å². The third-order valence-corrected chi connectivity index (χ3v) is 4.30. The van der Waals surface area contributed by atoms with Crippen molar-refractivity contribution < 1.29 is 0 Å². The summed E-state index contributed by atoms with van der Waals surface area (Å²) in [6.07, 6.45) is 0. The first-order valence-electron chi connectivity index (χ1n) is 7.38. The van der Waals surface area contributed by atoms with Crippen LogP contribution in [0.15, 0.2) is 60.7 Å². The number of nitrogens with zero attached hydrogens (tertiary/aromatic N) is 1. The molecule has 2 nitrogen and oxygen atoms in total. The zero-order valence-corrected chi connectivity index (χ0v) is 13.0. The standard InChI is InChI=1S/C18H22N2.ClH/c19-11-17-13-20(12-15-7-3-1-4-8-15)14-18(17)16-9-5-2-6-10-16;/h1-10,17-18H,11-14,19H2;1H/t17-,18+;/m0./s1. The molecular weight excluding hydrogens is 280 g/mol. The third-order valence-electron chi connectivity index (χ3n) is 4.30. The van der Waals surface area contributed by atoms with E-state index < -0.39 is 0 Å². The van der Waals surface area contributed by atoms with Crippen molar-refractivity contribution in [2.24, 2.45) is 11.7 Å². The summed E-state index contributed by atoms with van der Waals surface area (Å²) in [6, 6.07) is 21.5. The van der Waals surface area contributed by atoms with Crippen LogP contribution in [0.4, 0.5) is 0 Å². The topological polar surface area (TPSA) is 29.3 Å². The van der Waals surface area contributed by atoms with Gasteiger partial charge in [-0.25, -0.2) is 0 Å². The van der Waals surface area contributed by atoms with Gasteiger partial charge < -0.3 is 5.73 Å². The molecule has 0 bridgehead atoms. The molecule has 2 aromatic rings. The molecule has 0 amide bonds. The molecule has 0 unspecified atom stereocenters. The van der Waals surface area contributed by atoms with E-state index in [-0.39, 0.29) is 12.4 Å². The van der Waals surface area contributed by atoms with Crippen LogP contribution in [0.1, 0.15) is 17.0 Å². The second-order valence-corrected chi connectivity index (χ2v) is 5.69. The van der Waals surface area contributed by atoms with Crippen LogP contribution < -0.4 is 5.73 Å². The Bertz CT molecular complexity index is 529. The van der Waals surface area contributed by atoms with Crippen molar-refractivity contribution >= 4 is 12.4 Å². The fourth-order valence-electron chi connectivity index (χ4n) is 3.25. The molecule has 21 heavy (non-hydrogen) atoms. The highest BCUT2D eigenvalue weighted by Gasteiger charge is 2.32. The van der Waals surface area contributed by atoms with Crippen LogP contribution in [0.5, 0.6) is 0 Å². The first-order chi connectivity index (χ1) is 9.86. The lowest BCUT2D eigenvalue weighted by molar-refractivity contribution is 0.317. The lowest BCUT2D eigenvalue weighted by Gasteiger charge is -2.16. The van der Waals surface area contributed by atoms with E-state index in [9.17, 15) is 0 Å². The van der Waals surface area contributed by atoms with Crippen molar-refractivity contribution in [1.29, 1.82) is 0 Å². The molecule has 0 radical (unpaired) electrons. The Morgan fingerprint density at radius 3 is 2.14 bits per heavy atom. The highest BCUT2D eigenvalue weighted by Crippen LogP contribution is 2.32. The lowest BCUT2D eigenvalue weighted by Crippen LogP contribution is -2.23. The van der Waals surface area contributed by atoms with Gasteiger partial charge in [-0.2, -0.15) is 0 Å². The van der Waals surface area contributed by atoms with E-state index >= 15 is 0 Å². The Hall–Kier alpha value is -1.35. The maximum Gasteiger partial charge on any atom is 0.0234 e. The highest BCUT2D eigenvalue weighted by molar-refractivity contribution is 5.85. The second kappa shape index (κ2) is 7.60. The molecule has 3 heteroatoms. The number of hydrogen-bond acceptors (Lipinski definition) is 2. The molecular formula is C18H23ClN2. The summed E-state index contributed by atoms with van der Waals surface area (Å²) < 4.78 is 0. The zero-order chi connectivity index (χ0) is 13.8. The largest absolute Gasteiger partial charge is 0.330 e. The average Bonchev–Trinajstić information content (AvgIpc) is 2.92. The molecule has 0 aromatic heterocycles. The van der Waals surface area contributed by atoms with E-state index in [0.717, 1.165) is 26.2 Å². The molecule has 2 N–H and O–H groups in total. The molecule has 0 aliphatic carbocycles. The Labute approximate surface area is 133 Å². The summed E-state index contributed by atoms with van der Waals surface area (Å²) >= 11 is 0. The fraction of sp³-hybridized carbons (Fsp3) is 0.333. The second-order valence-electron chi connectivity index (χ2n) is 5.69. The molecule has 1 aliphatic rings. The minimum Gasteiger partial charge on any atom is -0.330 e. The molecule has 1 saturated heterocycles. The summed E-state index contributed by atoms with van der Waals surface area (Å²) in [4.78, 5) is 2.53. The van der Waals surface area contributed by atoms with Crippen LogP contribution in [0.3, 0.4) is 0 Å². The molecule has 112 valence electrons. The van der Waals surface area contributed by atoms with Gasteiger partial charge in [0.1, 0.15) is 0 Å². The van der Waals surface area contributed by atoms with E-state index in [1.807, 2.05) is 0 Å². The highest BCUT2D eigenvalue weighted by atomic mass is 35.5. The maximum absolute atomic E-state index is 5.99. The Morgan fingerprint density at radius 1 is 0.905 bits per heavy atom. The van der Waals surface area contributed by atoms with Gasteiger partial charge in [-0.3, -0.25) is 4.90 Å². The van der Waals surface area contributed by atoms with Gasteiger partial charge in [-0.1, -0.05) is 60.7 Å². The van der Waals surface area contributed by atoms with Crippen LogP contribution in [-0.2, 0) is 6.54 Å². The van der Waals surface area contributed by atoms with E-state index in [2.05, 4.69) is 65.6 Å². The summed E-state index contributed by atoms with van der Waals surface area (Å²) in [5.41, 5.74) is 8.81. The summed E-state index contributed by atoms with van der Waals surface area (Å²) in [6.45, 7) is 4.01.